The number of carbonyl (C=O) groups is 2. The smallest absolute Gasteiger partial charge is 0.340 e. The number of ether oxygens (including phenoxy) is 3. The summed E-state index contributed by atoms with van der Waals surface area (Å²) in [5.74, 6) is 0.0470. The number of methoxy groups -OCH3 is 2. The molecule has 3 aromatic rings. The molecular weight excluding hydrogens is 390 g/mol. The molecule has 29 heavy (non-hydrogen) atoms. The Bertz CT molecular complexity index is 1020. The van der Waals surface area contributed by atoms with E-state index >= 15 is 0 Å². The van der Waals surface area contributed by atoms with Crippen molar-refractivity contribution in [3.8, 4) is 11.5 Å². The Morgan fingerprint density at radius 1 is 1.03 bits per heavy atom. The lowest BCUT2D eigenvalue weighted by molar-refractivity contribution is 0.0473. The molecule has 0 bridgehead atoms. The molecule has 0 N–H and O–H groups in total. The number of hydrogen-bond donors (Lipinski definition) is 0. The molecule has 0 radical (unpaired) electrons. The highest BCUT2D eigenvalue weighted by Crippen LogP contribution is 2.25. The van der Waals surface area contributed by atoms with Gasteiger partial charge in [0.15, 0.2) is 6.61 Å². The van der Waals surface area contributed by atoms with Crippen LogP contribution in [0, 0.1) is 13.8 Å². The van der Waals surface area contributed by atoms with Crippen molar-refractivity contribution >= 4 is 23.1 Å². The van der Waals surface area contributed by atoms with Gasteiger partial charge in [-0.2, -0.15) is 0 Å². The number of aryl methyl sites for hydroxylation is 1. The van der Waals surface area contributed by atoms with Crippen LogP contribution in [0.5, 0.6) is 11.5 Å². The normalized spacial score (nSPS) is 10.6. The summed E-state index contributed by atoms with van der Waals surface area (Å²) >= 11 is 1.67. The van der Waals surface area contributed by atoms with Crippen molar-refractivity contribution in [1.29, 1.82) is 0 Å². The average Bonchev–Trinajstić information content (AvgIpc) is 3.35. The number of carbonyl (C=O) groups excluding carboxylic acids is 2. The maximum Gasteiger partial charge on any atom is 0.340 e. The van der Waals surface area contributed by atoms with Gasteiger partial charge in [-0.15, -0.1) is 11.3 Å². The summed E-state index contributed by atoms with van der Waals surface area (Å²) in [5, 5.41) is 2.02. The van der Waals surface area contributed by atoms with Gasteiger partial charge in [0.05, 0.1) is 31.9 Å². The second-order valence-corrected chi connectivity index (χ2v) is 7.55. The van der Waals surface area contributed by atoms with Gasteiger partial charge in [-0.25, -0.2) is 4.79 Å². The van der Waals surface area contributed by atoms with Crippen LogP contribution >= 0.6 is 11.3 Å². The van der Waals surface area contributed by atoms with Gasteiger partial charge in [0, 0.05) is 16.3 Å². The largest absolute Gasteiger partial charge is 0.497 e. The fraction of sp³-hybridized carbons (Fsp3) is 0.273. The van der Waals surface area contributed by atoms with Crippen LogP contribution in [0.15, 0.2) is 41.8 Å². The van der Waals surface area contributed by atoms with Crippen LogP contribution in [0.25, 0.3) is 0 Å². The molecule has 0 aliphatic heterocycles. The number of rotatable bonds is 8. The predicted molar refractivity (Wildman–Crippen MR) is 111 cm³/mol. The van der Waals surface area contributed by atoms with Gasteiger partial charge in [0.1, 0.15) is 11.5 Å². The standard InChI is InChI=1S/C22H23NO5S/c1-14-10-18(15(2)23(14)12-17-6-5-9-29-17)22(25)28-13-20(24)19-11-16(26-3)7-8-21(19)27-4/h5-11H,12-13H2,1-4H3. The third-order valence-corrected chi connectivity index (χ3v) is 5.59. The summed E-state index contributed by atoms with van der Waals surface area (Å²) in [4.78, 5) is 26.4. The van der Waals surface area contributed by atoms with Gasteiger partial charge in [-0.05, 0) is 49.6 Å². The molecule has 6 nitrogen and oxygen atoms in total. The molecule has 1 aromatic carbocycles. The van der Waals surface area contributed by atoms with Gasteiger partial charge in [-0.3, -0.25) is 4.79 Å². The van der Waals surface area contributed by atoms with E-state index in [9.17, 15) is 9.59 Å². The Morgan fingerprint density at radius 3 is 2.48 bits per heavy atom. The van der Waals surface area contributed by atoms with Crippen molar-refractivity contribution in [2.75, 3.05) is 20.8 Å². The van der Waals surface area contributed by atoms with Crippen LogP contribution < -0.4 is 9.47 Å². The number of aromatic nitrogens is 1. The minimum atomic E-state index is -0.522. The van der Waals surface area contributed by atoms with E-state index in [0.29, 0.717) is 29.2 Å². The Balaban J connectivity index is 1.72. The van der Waals surface area contributed by atoms with E-state index in [2.05, 4.69) is 10.6 Å². The lowest BCUT2D eigenvalue weighted by atomic mass is 10.1. The first-order valence-electron chi connectivity index (χ1n) is 9.06. The van der Waals surface area contributed by atoms with Crippen LogP contribution in [-0.2, 0) is 11.3 Å². The number of nitrogens with zero attached hydrogens (tertiary/aromatic N) is 1. The quantitative estimate of drug-likeness (QED) is 0.408. The summed E-state index contributed by atoms with van der Waals surface area (Å²) in [6, 6.07) is 10.8. The number of Topliss-reactive ketones (excluding diaryl/α,β-unsaturated/α-hetero) is 1. The minimum Gasteiger partial charge on any atom is -0.497 e. The van der Waals surface area contributed by atoms with E-state index in [0.717, 1.165) is 11.4 Å². The molecule has 0 atom stereocenters. The number of esters is 1. The maximum atomic E-state index is 12.6. The maximum absolute atomic E-state index is 12.6. The van der Waals surface area contributed by atoms with E-state index < -0.39 is 5.97 Å². The molecule has 0 saturated heterocycles. The Kier molecular flexibility index (Phi) is 6.39. The molecule has 152 valence electrons. The van der Waals surface area contributed by atoms with Gasteiger partial charge in [-0.1, -0.05) is 6.07 Å². The molecule has 2 aromatic heterocycles. The molecule has 0 aliphatic carbocycles. The molecule has 0 fully saturated rings. The first-order valence-corrected chi connectivity index (χ1v) is 9.94. The number of thiophene rings is 1. The highest BCUT2D eigenvalue weighted by Gasteiger charge is 2.20. The van der Waals surface area contributed by atoms with Crippen LogP contribution in [0.1, 0.15) is 37.0 Å². The lowest BCUT2D eigenvalue weighted by Crippen LogP contribution is -2.16. The van der Waals surface area contributed by atoms with E-state index in [1.807, 2.05) is 25.3 Å². The van der Waals surface area contributed by atoms with Crippen molar-refractivity contribution in [3.05, 3.63) is 69.2 Å². The number of hydrogen-bond acceptors (Lipinski definition) is 6. The lowest BCUT2D eigenvalue weighted by Gasteiger charge is -2.10. The van der Waals surface area contributed by atoms with Crippen molar-refractivity contribution < 1.29 is 23.8 Å². The van der Waals surface area contributed by atoms with E-state index in [1.165, 1.54) is 19.1 Å². The summed E-state index contributed by atoms with van der Waals surface area (Å²) < 4.78 is 17.8. The van der Waals surface area contributed by atoms with Crippen LogP contribution in [-0.4, -0.2) is 37.1 Å². The average molecular weight is 413 g/mol. The minimum absolute atomic E-state index is 0.308. The van der Waals surface area contributed by atoms with Crippen LogP contribution in [0.4, 0.5) is 0 Å². The molecule has 0 aliphatic rings. The summed E-state index contributed by atoms with van der Waals surface area (Å²) in [7, 11) is 3.00. The van der Waals surface area contributed by atoms with Gasteiger partial charge < -0.3 is 18.8 Å². The van der Waals surface area contributed by atoms with Crippen LogP contribution in [0.2, 0.25) is 0 Å². The first kappa shape index (κ1) is 20.7. The third kappa shape index (κ3) is 4.51. The monoisotopic (exact) mass is 413 g/mol. The molecule has 0 unspecified atom stereocenters. The fourth-order valence-corrected chi connectivity index (χ4v) is 3.82. The topological polar surface area (TPSA) is 66.8 Å². The highest BCUT2D eigenvalue weighted by molar-refractivity contribution is 7.09. The first-order chi connectivity index (χ1) is 13.9. The summed E-state index contributed by atoms with van der Waals surface area (Å²) in [6.07, 6.45) is 0. The van der Waals surface area contributed by atoms with Crippen molar-refractivity contribution in [2.45, 2.75) is 20.4 Å². The molecule has 0 amide bonds. The molecule has 0 spiro atoms. The number of ketones is 1. The SMILES string of the molecule is COc1ccc(OC)c(C(=O)COC(=O)c2cc(C)n(Cc3cccs3)c2C)c1. The fourth-order valence-electron chi connectivity index (χ4n) is 3.13. The second-order valence-electron chi connectivity index (χ2n) is 6.52. The predicted octanol–water partition coefficient (Wildman–Crippen LogP) is 4.27. The molecule has 3 rings (SSSR count). The van der Waals surface area contributed by atoms with E-state index in [1.54, 1.807) is 35.6 Å². The van der Waals surface area contributed by atoms with E-state index in [-0.39, 0.29) is 12.4 Å². The third-order valence-electron chi connectivity index (χ3n) is 4.73. The van der Waals surface area contributed by atoms with Crippen molar-refractivity contribution in [2.24, 2.45) is 0 Å². The summed E-state index contributed by atoms with van der Waals surface area (Å²) in [5.41, 5.74) is 2.54. The van der Waals surface area contributed by atoms with Gasteiger partial charge in [0.25, 0.3) is 0 Å². The Labute approximate surface area is 173 Å². The second kappa shape index (κ2) is 8.96. The Hall–Kier alpha value is -3.06. The molecule has 2 heterocycles. The van der Waals surface area contributed by atoms with E-state index in [4.69, 9.17) is 14.2 Å². The van der Waals surface area contributed by atoms with Gasteiger partial charge >= 0.3 is 5.97 Å². The summed E-state index contributed by atoms with van der Waals surface area (Å²) in [6.45, 7) is 4.15. The Morgan fingerprint density at radius 2 is 1.83 bits per heavy atom. The zero-order chi connectivity index (χ0) is 21.0. The zero-order valence-corrected chi connectivity index (χ0v) is 17.7. The van der Waals surface area contributed by atoms with Crippen molar-refractivity contribution in [3.63, 3.8) is 0 Å². The molecule has 7 heteroatoms. The zero-order valence-electron chi connectivity index (χ0n) is 16.9. The molecular formula is C22H23NO5S. The van der Waals surface area contributed by atoms with Crippen LogP contribution in [0.3, 0.4) is 0 Å². The number of benzene rings is 1. The van der Waals surface area contributed by atoms with Gasteiger partial charge in [0.2, 0.25) is 5.78 Å². The molecule has 0 saturated carbocycles. The highest BCUT2D eigenvalue weighted by atomic mass is 32.1. The van der Waals surface area contributed by atoms with Crippen molar-refractivity contribution in [1.82, 2.24) is 4.57 Å².